The first-order valence-electron chi connectivity index (χ1n) is 6.50. The fourth-order valence-electron chi connectivity index (χ4n) is 1.82. The Morgan fingerprint density at radius 2 is 2.06 bits per heavy atom. The van der Waals surface area contributed by atoms with Crippen LogP contribution in [0.2, 0.25) is 0 Å². The maximum atomic E-state index is 11.4. The van der Waals surface area contributed by atoms with E-state index in [9.17, 15) is 4.79 Å². The second-order valence-electron chi connectivity index (χ2n) is 4.84. The van der Waals surface area contributed by atoms with Crippen LogP contribution in [0, 0.1) is 17.2 Å². The van der Waals surface area contributed by atoms with Gasteiger partial charge in [0.1, 0.15) is 0 Å². The van der Waals surface area contributed by atoms with Gasteiger partial charge < -0.3 is 10.7 Å². The fourth-order valence-corrected chi connectivity index (χ4v) is 1.82. The van der Waals surface area contributed by atoms with Crippen LogP contribution in [-0.2, 0) is 4.79 Å². The molecular weight excluding hydrogens is 224 g/mol. The number of carbonyl (C=O) groups excluding carboxylic acids is 1. The molecule has 0 fully saturated rings. The molecule has 0 aliphatic carbocycles. The molecule has 18 heavy (non-hydrogen) atoms. The Morgan fingerprint density at radius 3 is 2.50 bits per heavy atom. The Balaban J connectivity index is 4.33. The summed E-state index contributed by atoms with van der Waals surface area (Å²) in [5, 5.41) is 10.5. The molecule has 0 spiro atoms. The molecule has 2 unspecified atom stereocenters. The van der Waals surface area contributed by atoms with Gasteiger partial charge in [0.25, 0.3) is 0 Å². The lowest BCUT2D eigenvalue weighted by molar-refractivity contribution is -0.124. The minimum Gasteiger partial charge on any atom is -0.359 e. The topological polar surface area (TPSA) is 53.0 Å². The largest absolute Gasteiger partial charge is 0.359 e. The molecule has 2 N–H and O–H groups in total. The molecule has 0 saturated carbocycles. The normalized spacial score (nSPS) is 14.2. The molecule has 0 aliphatic rings. The van der Waals surface area contributed by atoms with Gasteiger partial charge in [-0.25, -0.2) is 0 Å². The molecule has 0 aromatic heterocycles. The first kappa shape index (κ1) is 16.6. The van der Waals surface area contributed by atoms with Crippen LogP contribution in [0.1, 0.15) is 40.0 Å². The number of allylic oxidation sites excluding steroid dienone is 3. The van der Waals surface area contributed by atoms with Gasteiger partial charge in [0, 0.05) is 18.7 Å². The van der Waals surface area contributed by atoms with Crippen LogP contribution in [0.15, 0.2) is 24.3 Å². The van der Waals surface area contributed by atoms with Crippen LogP contribution in [0.3, 0.4) is 0 Å². The number of hydrogen-bond acceptors (Lipinski definition) is 2. The average Bonchev–Trinajstić information content (AvgIpc) is 2.34. The highest BCUT2D eigenvalue weighted by molar-refractivity contribution is 5.96. The minimum absolute atomic E-state index is 0.0294. The van der Waals surface area contributed by atoms with E-state index in [1.54, 1.807) is 7.05 Å². The van der Waals surface area contributed by atoms with Crippen molar-refractivity contribution in [2.75, 3.05) is 7.05 Å². The lowest BCUT2D eigenvalue weighted by Crippen LogP contribution is -2.25. The lowest BCUT2D eigenvalue weighted by atomic mass is 9.90. The highest BCUT2D eigenvalue weighted by atomic mass is 16.1. The summed E-state index contributed by atoms with van der Waals surface area (Å²) in [6.07, 6.45) is 6.61. The molecule has 0 aliphatic heterocycles. The number of amides is 1. The van der Waals surface area contributed by atoms with Gasteiger partial charge in [0.2, 0.25) is 5.91 Å². The summed E-state index contributed by atoms with van der Waals surface area (Å²) in [6, 6.07) is 0. The van der Waals surface area contributed by atoms with Gasteiger partial charge in [-0.05, 0) is 44.6 Å². The summed E-state index contributed by atoms with van der Waals surface area (Å²) in [5.41, 5.74) is 1.43. The van der Waals surface area contributed by atoms with Crippen LogP contribution in [0.5, 0.6) is 0 Å². The van der Waals surface area contributed by atoms with Crippen molar-refractivity contribution in [3.05, 3.63) is 24.3 Å². The second kappa shape index (κ2) is 8.67. The third-order valence-electron chi connectivity index (χ3n) is 3.11. The van der Waals surface area contributed by atoms with Crippen molar-refractivity contribution in [1.82, 2.24) is 5.32 Å². The Kier molecular flexibility index (Phi) is 8.01. The first-order valence-corrected chi connectivity index (χ1v) is 6.50. The number of carbonyl (C=O) groups is 1. The third kappa shape index (κ3) is 6.38. The van der Waals surface area contributed by atoms with Crippen LogP contribution in [0.25, 0.3) is 0 Å². The van der Waals surface area contributed by atoms with Gasteiger partial charge in [-0.3, -0.25) is 4.79 Å². The second-order valence-corrected chi connectivity index (χ2v) is 4.84. The molecular formula is C15H26N2O. The van der Waals surface area contributed by atoms with Crippen molar-refractivity contribution in [3.63, 3.8) is 0 Å². The Labute approximate surface area is 111 Å². The molecule has 0 saturated heterocycles. The quantitative estimate of drug-likeness (QED) is 0.504. The molecule has 0 radical (unpaired) electrons. The van der Waals surface area contributed by atoms with Crippen molar-refractivity contribution in [2.45, 2.75) is 40.0 Å². The van der Waals surface area contributed by atoms with Gasteiger partial charge in [0.05, 0.1) is 0 Å². The SMILES string of the molecule is C=C(C)C(=N)CC(C=CC)CCC(C)C(=O)NC. The number of nitrogens with one attached hydrogen (secondary N) is 2. The Hall–Kier alpha value is -1.38. The van der Waals surface area contributed by atoms with Gasteiger partial charge in [-0.1, -0.05) is 25.7 Å². The van der Waals surface area contributed by atoms with Gasteiger partial charge in [0.15, 0.2) is 0 Å². The predicted octanol–water partition coefficient (Wildman–Crippen LogP) is 3.33. The van der Waals surface area contributed by atoms with E-state index in [0.29, 0.717) is 18.1 Å². The van der Waals surface area contributed by atoms with E-state index < -0.39 is 0 Å². The monoisotopic (exact) mass is 250 g/mol. The molecule has 3 heteroatoms. The molecule has 0 bridgehead atoms. The van der Waals surface area contributed by atoms with Gasteiger partial charge in [-0.15, -0.1) is 0 Å². The van der Waals surface area contributed by atoms with E-state index >= 15 is 0 Å². The van der Waals surface area contributed by atoms with E-state index in [4.69, 9.17) is 5.41 Å². The summed E-state index contributed by atoms with van der Waals surface area (Å²) in [7, 11) is 1.67. The maximum Gasteiger partial charge on any atom is 0.222 e. The lowest BCUT2D eigenvalue weighted by Gasteiger charge is -2.16. The Bertz CT molecular complexity index is 331. The highest BCUT2D eigenvalue weighted by Gasteiger charge is 2.15. The summed E-state index contributed by atoms with van der Waals surface area (Å²) >= 11 is 0. The summed E-state index contributed by atoms with van der Waals surface area (Å²) < 4.78 is 0. The number of rotatable bonds is 8. The minimum atomic E-state index is 0.0294. The molecule has 1 amide bonds. The van der Waals surface area contributed by atoms with Crippen molar-refractivity contribution in [2.24, 2.45) is 11.8 Å². The van der Waals surface area contributed by atoms with E-state index in [1.165, 1.54) is 0 Å². The smallest absolute Gasteiger partial charge is 0.222 e. The molecule has 2 atom stereocenters. The van der Waals surface area contributed by atoms with Crippen molar-refractivity contribution in [1.29, 1.82) is 5.41 Å². The summed E-state index contributed by atoms with van der Waals surface area (Å²) in [5.74, 6) is 0.442. The number of hydrogen-bond donors (Lipinski definition) is 2. The zero-order valence-corrected chi connectivity index (χ0v) is 12.0. The molecule has 3 nitrogen and oxygen atoms in total. The van der Waals surface area contributed by atoms with E-state index in [0.717, 1.165) is 18.4 Å². The summed E-state index contributed by atoms with van der Waals surface area (Å²) in [4.78, 5) is 11.4. The third-order valence-corrected chi connectivity index (χ3v) is 3.11. The zero-order valence-electron chi connectivity index (χ0n) is 12.0. The van der Waals surface area contributed by atoms with E-state index in [-0.39, 0.29) is 11.8 Å². The standard InChI is InChI=1S/C15H26N2O/c1-6-7-13(10-14(16)11(2)3)9-8-12(4)15(18)17-5/h6-7,12-13,16H,2,8-10H2,1,3-5H3,(H,17,18). The zero-order chi connectivity index (χ0) is 14.1. The Morgan fingerprint density at radius 1 is 1.44 bits per heavy atom. The van der Waals surface area contributed by atoms with Crippen LogP contribution >= 0.6 is 0 Å². The molecule has 0 rings (SSSR count). The fraction of sp³-hybridized carbons (Fsp3) is 0.600. The molecule has 0 aromatic carbocycles. The van der Waals surface area contributed by atoms with Crippen LogP contribution in [-0.4, -0.2) is 18.7 Å². The van der Waals surface area contributed by atoms with E-state index in [1.807, 2.05) is 26.8 Å². The predicted molar refractivity (Wildman–Crippen MR) is 77.9 cm³/mol. The van der Waals surface area contributed by atoms with Crippen molar-refractivity contribution < 1.29 is 4.79 Å². The maximum absolute atomic E-state index is 11.4. The molecule has 0 heterocycles. The van der Waals surface area contributed by atoms with Crippen LogP contribution < -0.4 is 5.32 Å². The average molecular weight is 250 g/mol. The van der Waals surface area contributed by atoms with Gasteiger partial charge in [-0.2, -0.15) is 0 Å². The highest BCUT2D eigenvalue weighted by Crippen LogP contribution is 2.19. The van der Waals surface area contributed by atoms with Gasteiger partial charge >= 0.3 is 0 Å². The van der Waals surface area contributed by atoms with Crippen molar-refractivity contribution in [3.8, 4) is 0 Å². The van der Waals surface area contributed by atoms with Crippen molar-refractivity contribution >= 4 is 11.6 Å². The van der Waals surface area contributed by atoms with E-state index in [2.05, 4.69) is 18.0 Å². The molecule has 0 aromatic rings. The van der Waals surface area contributed by atoms with Crippen LogP contribution in [0.4, 0.5) is 0 Å². The first-order chi connectivity index (χ1) is 8.42. The molecule has 102 valence electrons. The summed E-state index contributed by atoms with van der Waals surface area (Å²) in [6.45, 7) is 9.58.